The van der Waals surface area contributed by atoms with E-state index in [1.54, 1.807) is 13.2 Å². The number of pyridine rings is 1. The first-order valence-electron chi connectivity index (χ1n) is 9.29. The summed E-state index contributed by atoms with van der Waals surface area (Å²) >= 11 is 0. The summed E-state index contributed by atoms with van der Waals surface area (Å²) in [5, 5.41) is 6.63. The van der Waals surface area contributed by atoms with Crippen molar-refractivity contribution < 1.29 is 9.53 Å². The molecule has 2 saturated heterocycles. The molecule has 0 spiro atoms. The molecule has 8 heteroatoms. The van der Waals surface area contributed by atoms with Crippen LogP contribution >= 0.6 is 0 Å². The number of anilines is 1. The van der Waals surface area contributed by atoms with Crippen LogP contribution in [0.5, 0.6) is 0 Å². The molecule has 1 aromatic heterocycles. The number of amides is 1. The predicted octanol–water partition coefficient (Wildman–Crippen LogP) is 0.392. The predicted molar refractivity (Wildman–Crippen MR) is 101 cm³/mol. The molecule has 2 aliphatic heterocycles. The van der Waals surface area contributed by atoms with E-state index in [-0.39, 0.29) is 12.0 Å². The third-order valence-electron chi connectivity index (χ3n) is 4.69. The van der Waals surface area contributed by atoms with Gasteiger partial charge in [-0.15, -0.1) is 0 Å². The van der Waals surface area contributed by atoms with Crippen molar-refractivity contribution in [1.29, 1.82) is 0 Å². The lowest BCUT2D eigenvalue weighted by Crippen LogP contribution is -2.55. The molecule has 8 nitrogen and oxygen atoms in total. The number of hydrogen-bond acceptors (Lipinski definition) is 5. The Morgan fingerprint density at radius 3 is 2.73 bits per heavy atom. The fraction of sp³-hybridized carbons (Fsp3) is 0.611. The number of hydrogen-bond donors (Lipinski definition) is 2. The highest BCUT2D eigenvalue weighted by atomic mass is 16.5. The number of piperazine rings is 1. The van der Waals surface area contributed by atoms with Crippen molar-refractivity contribution in [2.75, 3.05) is 58.2 Å². The van der Waals surface area contributed by atoms with Crippen LogP contribution < -0.4 is 10.6 Å². The van der Waals surface area contributed by atoms with Crippen LogP contribution in [-0.2, 0) is 9.53 Å². The van der Waals surface area contributed by atoms with Crippen molar-refractivity contribution in [3.05, 3.63) is 24.4 Å². The van der Waals surface area contributed by atoms with Crippen LogP contribution in [0.4, 0.5) is 5.82 Å². The van der Waals surface area contributed by atoms with Crippen LogP contribution in [-0.4, -0.2) is 85.7 Å². The fourth-order valence-electron chi connectivity index (χ4n) is 3.28. The molecule has 1 atom stereocenters. The van der Waals surface area contributed by atoms with Gasteiger partial charge >= 0.3 is 0 Å². The first kappa shape index (κ1) is 18.4. The van der Waals surface area contributed by atoms with E-state index in [4.69, 9.17) is 4.74 Å². The van der Waals surface area contributed by atoms with Gasteiger partial charge in [-0.2, -0.15) is 0 Å². The van der Waals surface area contributed by atoms with Crippen LogP contribution in [0.1, 0.15) is 12.8 Å². The van der Waals surface area contributed by atoms with E-state index in [0.717, 1.165) is 50.8 Å². The van der Waals surface area contributed by atoms with E-state index >= 15 is 0 Å². The summed E-state index contributed by atoms with van der Waals surface area (Å²) in [6, 6.07) is 5.80. The topological polar surface area (TPSA) is 82.1 Å². The summed E-state index contributed by atoms with van der Waals surface area (Å²) in [7, 11) is 1.79. The molecular weight excluding hydrogens is 332 g/mol. The molecule has 2 N–H and O–H groups in total. The summed E-state index contributed by atoms with van der Waals surface area (Å²) in [6.07, 6.45) is 3.38. The second kappa shape index (κ2) is 9.38. The van der Waals surface area contributed by atoms with Gasteiger partial charge in [0.2, 0.25) is 0 Å². The number of aliphatic imine (C=N–C) groups is 1. The molecule has 142 valence electrons. The summed E-state index contributed by atoms with van der Waals surface area (Å²) in [5.41, 5.74) is 0. The van der Waals surface area contributed by atoms with Crippen LogP contribution in [0, 0.1) is 0 Å². The van der Waals surface area contributed by atoms with Gasteiger partial charge in [-0.1, -0.05) is 6.07 Å². The van der Waals surface area contributed by atoms with Crippen molar-refractivity contribution in [2.45, 2.75) is 18.9 Å². The molecule has 1 aromatic rings. The van der Waals surface area contributed by atoms with Gasteiger partial charge in [-0.05, 0) is 25.0 Å². The Bertz CT molecular complexity index is 595. The second-order valence-electron chi connectivity index (χ2n) is 6.43. The average molecular weight is 360 g/mol. The third-order valence-corrected chi connectivity index (χ3v) is 4.69. The zero-order valence-corrected chi connectivity index (χ0v) is 15.4. The van der Waals surface area contributed by atoms with Crippen molar-refractivity contribution in [3.63, 3.8) is 0 Å². The number of rotatable bonds is 5. The number of guanidine groups is 1. The van der Waals surface area contributed by atoms with E-state index in [9.17, 15) is 4.79 Å². The summed E-state index contributed by atoms with van der Waals surface area (Å²) in [5.74, 6) is 1.88. The standard InChI is InChI=1S/C18H28N6O2/c1-19-18(22-9-8-21-16-6-2-3-7-20-16)24-12-10-23(11-13-24)17(25)15-5-4-14-26-15/h2-3,6-7,15H,4-5,8-14H2,1H3,(H,19,22)(H,20,21). The second-order valence-corrected chi connectivity index (χ2v) is 6.43. The van der Waals surface area contributed by atoms with Crippen molar-refractivity contribution in [2.24, 2.45) is 4.99 Å². The first-order valence-corrected chi connectivity index (χ1v) is 9.29. The Morgan fingerprint density at radius 2 is 2.08 bits per heavy atom. The molecule has 0 radical (unpaired) electrons. The van der Waals surface area contributed by atoms with Crippen LogP contribution in [0.2, 0.25) is 0 Å². The van der Waals surface area contributed by atoms with Gasteiger partial charge in [-0.25, -0.2) is 4.98 Å². The van der Waals surface area contributed by atoms with Gasteiger partial charge < -0.3 is 25.2 Å². The molecule has 3 heterocycles. The van der Waals surface area contributed by atoms with Gasteiger partial charge in [0, 0.05) is 59.1 Å². The van der Waals surface area contributed by atoms with Gasteiger partial charge in [0.05, 0.1) is 0 Å². The molecular formula is C18H28N6O2. The van der Waals surface area contributed by atoms with E-state index in [1.807, 2.05) is 23.1 Å². The number of aromatic nitrogens is 1. The number of nitrogens with one attached hydrogen (secondary N) is 2. The van der Waals surface area contributed by atoms with Crippen LogP contribution in [0.25, 0.3) is 0 Å². The quantitative estimate of drug-likeness (QED) is 0.449. The number of carbonyl (C=O) groups excluding carboxylic acids is 1. The largest absolute Gasteiger partial charge is 0.368 e. The maximum absolute atomic E-state index is 12.4. The van der Waals surface area contributed by atoms with Gasteiger partial charge in [0.1, 0.15) is 11.9 Å². The summed E-state index contributed by atoms with van der Waals surface area (Å²) < 4.78 is 5.51. The van der Waals surface area contributed by atoms with Gasteiger partial charge in [-0.3, -0.25) is 9.79 Å². The minimum Gasteiger partial charge on any atom is -0.368 e. The van der Waals surface area contributed by atoms with Crippen molar-refractivity contribution in [3.8, 4) is 0 Å². The number of carbonyl (C=O) groups is 1. The monoisotopic (exact) mass is 360 g/mol. The highest BCUT2D eigenvalue weighted by molar-refractivity contribution is 5.82. The molecule has 0 bridgehead atoms. The maximum atomic E-state index is 12.4. The highest BCUT2D eigenvalue weighted by Gasteiger charge is 2.30. The molecule has 2 fully saturated rings. The lowest BCUT2D eigenvalue weighted by molar-refractivity contribution is -0.142. The SMILES string of the molecule is CN=C(NCCNc1ccccn1)N1CCN(C(=O)C2CCCO2)CC1. The van der Waals surface area contributed by atoms with Crippen molar-refractivity contribution >= 4 is 17.7 Å². The van der Waals surface area contributed by atoms with Gasteiger partial charge in [0.15, 0.2) is 5.96 Å². The van der Waals surface area contributed by atoms with E-state index in [0.29, 0.717) is 19.7 Å². The Kier molecular flexibility index (Phi) is 6.65. The van der Waals surface area contributed by atoms with Crippen LogP contribution in [0.15, 0.2) is 29.4 Å². The van der Waals surface area contributed by atoms with Crippen LogP contribution in [0.3, 0.4) is 0 Å². The lowest BCUT2D eigenvalue weighted by atomic mass is 10.2. The van der Waals surface area contributed by atoms with Crippen molar-refractivity contribution in [1.82, 2.24) is 20.1 Å². The van der Waals surface area contributed by atoms with E-state index in [1.165, 1.54) is 0 Å². The number of nitrogens with zero attached hydrogens (tertiary/aromatic N) is 4. The molecule has 26 heavy (non-hydrogen) atoms. The smallest absolute Gasteiger partial charge is 0.251 e. The Balaban J connectivity index is 1.38. The molecule has 0 aliphatic carbocycles. The molecule has 2 aliphatic rings. The van der Waals surface area contributed by atoms with Gasteiger partial charge in [0.25, 0.3) is 5.91 Å². The molecule has 0 aromatic carbocycles. The molecule has 1 unspecified atom stereocenters. The Hall–Kier alpha value is -2.35. The zero-order valence-electron chi connectivity index (χ0n) is 15.4. The highest BCUT2D eigenvalue weighted by Crippen LogP contribution is 2.16. The third kappa shape index (κ3) is 4.85. The molecule has 3 rings (SSSR count). The minimum absolute atomic E-state index is 0.143. The maximum Gasteiger partial charge on any atom is 0.251 e. The van der Waals surface area contributed by atoms with E-state index < -0.39 is 0 Å². The Morgan fingerprint density at radius 1 is 1.27 bits per heavy atom. The lowest BCUT2D eigenvalue weighted by Gasteiger charge is -2.37. The normalized spacial score (nSPS) is 21.0. The summed E-state index contributed by atoms with van der Waals surface area (Å²) in [6.45, 7) is 5.21. The number of ether oxygens (including phenoxy) is 1. The Labute approximate surface area is 154 Å². The molecule has 1 amide bonds. The van der Waals surface area contributed by atoms with E-state index in [2.05, 4.69) is 25.5 Å². The minimum atomic E-state index is -0.225. The fourth-order valence-corrected chi connectivity index (χ4v) is 3.28. The average Bonchev–Trinajstić information content (AvgIpc) is 3.23. The summed E-state index contributed by atoms with van der Waals surface area (Å²) in [4.78, 5) is 25.1. The zero-order chi connectivity index (χ0) is 18.2. The first-order chi connectivity index (χ1) is 12.8. The molecule has 0 saturated carbocycles.